The Balaban J connectivity index is 1.57. The number of hydrogen-bond acceptors (Lipinski definition) is 4. The van der Waals surface area contributed by atoms with Gasteiger partial charge in [0.15, 0.2) is 9.84 Å². The molecule has 3 fully saturated rings. The van der Waals surface area contributed by atoms with Crippen molar-refractivity contribution in [2.24, 2.45) is 0 Å². The Morgan fingerprint density at radius 1 is 0.955 bits per heavy atom. The Morgan fingerprint density at radius 3 is 1.95 bits per heavy atom. The van der Waals surface area contributed by atoms with E-state index >= 15 is 0 Å². The van der Waals surface area contributed by atoms with Gasteiger partial charge in [-0.2, -0.15) is 0 Å². The van der Waals surface area contributed by atoms with Crippen LogP contribution >= 0.6 is 11.8 Å². The lowest BCUT2D eigenvalue weighted by Gasteiger charge is -2.35. The third kappa shape index (κ3) is 3.99. The maximum atomic E-state index is 12.8. The van der Waals surface area contributed by atoms with Crippen LogP contribution < -0.4 is 0 Å². The predicted octanol–water partition coefficient (Wildman–Crippen LogP) is 2.62. The SMILES string of the molecule is O=C(CS[C@@H]1CCS(=O)(=O)C1)N(C1CCCC1)C1CCCC1. The number of sulfone groups is 1. The summed E-state index contributed by atoms with van der Waals surface area (Å²) in [7, 11) is -2.84. The first-order valence-corrected chi connectivity index (χ1v) is 11.6. The van der Waals surface area contributed by atoms with E-state index in [0.717, 1.165) is 25.7 Å². The summed E-state index contributed by atoms with van der Waals surface area (Å²) in [5, 5.41) is 0.128. The lowest BCUT2D eigenvalue weighted by molar-refractivity contribution is -0.133. The summed E-state index contributed by atoms with van der Waals surface area (Å²) in [5.41, 5.74) is 0. The molecule has 4 nitrogen and oxygen atoms in total. The van der Waals surface area contributed by atoms with Gasteiger partial charge < -0.3 is 4.90 Å². The minimum atomic E-state index is -2.84. The second-order valence-electron chi connectivity index (χ2n) is 7.01. The molecule has 3 rings (SSSR count). The van der Waals surface area contributed by atoms with E-state index < -0.39 is 9.84 Å². The van der Waals surface area contributed by atoms with Gasteiger partial charge in [-0.15, -0.1) is 11.8 Å². The molecule has 0 aromatic heterocycles. The van der Waals surface area contributed by atoms with Gasteiger partial charge in [0.1, 0.15) is 0 Å². The topological polar surface area (TPSA) is 54.5 Å². The molecule has 6 heteroatoms. The monoisotopic (exact) mass is 345 g/mol. The Morgan fingerprint density at radius 2 is 1.50 bits per heavy atom. The number of hydrogen-bond donors (Lipinski definition) is 0. The second kappa shape index (κ2) is 7.12. The molecular weight excluding hydrogens is 318 g/mol. The normalized spacial score (nSPS) is 29.2. The van der Waals surface area contributed by atoms with E-state index in [-0.39, 0.29) is 16.9 Å². The Bertz CT molecular complexity index is 478. The summed E-state index contributed by atoms with van der Waals surface area (Å²) in [6.45, 7) is 0. The number of carbonyl (C=O) groups is 1. The van der Waals surface area contributed by atoms with Gasteiger partial charge in [0.2, 0.25) is 5.91 Å². The fourth-order valence-electron chi connectivity index (χ4n) is 4.23. The fourth-order valence-corrected chi connectivity index (χ4v) is 7.74. The Labute approximate surface area is 138 Å². The van der Waals surface area contributed by atoms with Crippen LogP contribution in [0.2, 0.25) is 0 Å². The molecule has 1 atom stereocenters. The van der Waals surface area contributed by atoms with Gasteiger partial charge in [-0.3, -0.25) is 4.79 Å². The van der Waals surface area contributed by atoms with E-state index in [1.165, 1.54) is 25.7 Å². The quantitative estimate of drug-likeness (QED) is 0.768. The molecule has 1 aliphatic heterocycles. The van der Waals surface area contributed by atoms with E-state index in [2.05, 4.69) is 4.90 Å². The van der Waals surface area contributed by atoms with Crippen molar-refractivity contribution in [2.75, 3.05) is 17.3 Å². The van der Waals surface area contributed by atoms with E-state index in [9.17, 15) is 13.2 Å². The first-order chi connectivity index (χ1) is 10.6. The third-order valence-corrected chi connectivity index (χ3v) is 8.62. The van der Waals surface area contributed by atoms with Gasteiger partial charge in [0.05, 0.1) is 17.3 Å². The highest BCUT2D eigenvalue weighted by atomic mass is 32.2. The zero-order valence-electron chi connectivity index (χ0n) is 13.2. The van der Waals surface area contributed by atoms with Crippen molar-refractivity contribution < 1.29 is 13.2 Å². The molecule has 0 spiro atoms. The maximum absolute atomic E-state index is 12.8. The van der Waals surface area contributed by atoms with Crippen molar-refractivity contribution >= 4 is 27.5 Å². The van der Waals surface area contributed by atoms with Crippen LogP contribution in [0.15, 0.2) is 0 Å². The van der Waals surface area contributed by atoms with Crippen molar-refractivity contribution in [3.8, 4) is 0 Å². The second-order valence-corrected chi connectivity index (χ2v) is 10.5. The average Bonchev–Trinajstić information content (AvgIpc) is 3.19. The van der Waals surface area contributed by atoms with Crippen molar-refractivity contribution in [3.05, 3.63) is 0 Å². The van der Waals surface area contributed by atoms with Crippen LogP contribution in [0.5, 0.6) is 0 Å². The molecule has 3 aliphatic rings. The summed E-state index contributed by atoms with van der Waals surface area (Å²) in [4.78, 5) is 15.0. The van der Waals surface area contributed by atoms with Crippen LogP contribution in [0.3, 0.4) is 0 Å². The fraction of sp³-hybridized carbons (Fsp3) is 0.938. The minimum Gasteiger partial charge on any atom is -0.336 e. The van der Waals surface area contributed by atoms with Gasteiger partial charge in [-0.25, -0.2) is 8.42 Å². The van der Waals surface area contributed by atoms with Crippen LogP contribution in [0.4, 0.5) is 0 Å². The average molecular weight is 346 g/mol. The van der Waals surface area contributed by atoms with Crippen LogP contribution in [0.25, 0.3) is 0 Å². The number of carbonyl (C=O) groups excluding carboxylic acids is 1. The molecule has 0 aromatic rings. The van der Waals surface area contributed by atoms with Gasteiger partial charge in [-0.05, 0) is 32.1 Å². The summed E-state index contributed by atoms with van der Waals surface area (Å²) < 4.78 is 23.1. The number of thioether (sulfide) groups is 1. The van der Waals surface area contributed by atoms with E-state index in [0.29, 0.717) is 30.0 Å². The zero-order chi connectivity index (χ0) is 15.6. The summed E-state index contributed by atoms with van der Waals surface area (Å²) in [5.74, 6) is 1.28. The van der Waals surface area contributed by atoms with Crippen molar-refractivity contribution in [1.82, 2.24) is 4.90 Å². The van der Waals surface area contributed by atoms with Gasteiger partial charge >= 0.3 is 0 Å². The molecule has 126 valence electrons. The van der Waals surface area contributed by atoms with Crippen molar-refractivity contribution in [3.63, 3.8) is 0 Å². The molecule has 2 aliphatic carbocycles. The van der Waals surface area contributed by atoms with Crippen molar-refractivity contribution in [2.45, 2.75) is 75.1 Å². The lowest BCUT2D eigenvalue weighted by atomic mass is 10.1. The summed E-state index contributed by atoms with van der Waals surface area (Å²) >= 11 is 1.57. The molecule has 1 saturated heterocycles. The summed E-state index contributed by atoms with van der Waals surface area (Å²) in [6.07, 6.45) is 10.3. The highest BCUT2D eigenvalue weighted by molar-refractivity contribution is 8.02. The molecule has 0 unspecified atom stereocenters. The molecule has 0 aromatic carbocycles. The lowest BCUT2D eigenvalue weighted by Crippen LogP contribution is -2.46. The molecule has 0 bridgehead atoms. The first-order valence-electron chi connectivity index (χ1n) is 8.68. The van der Waals surface area contributed by atoms with Crippen LogP contribution in [-0.4, -0.2) is 53.8 Å². The Kier molecular flexibility index (Phi) is 5.38. The van der Waals surface area contributed by atoms with Gasteiger partial charge in [0, 0.05) is 17.3 Å². The number of amides is 1. The Hall–Kier alpha value is -0.230. The van der Waals surface area contributed by atoms with E-state index in [1.807, 2.05) is 0 Å². The highest BCUT2D eigenvalue weighted by Gasteiger charge is 2.35. The van der Waals surface area contributed by atoms with Crippen LogP contribution in [-0.2, 0) is 14.6 Å². The predicted molar refractivity (Wildman–Crippen MR) is 90.9 cm³/mol. The maximum Gasteiger partial charge on any atom is 0.233 e. The standard InChI is InChI=1S/C16H27NO3S2/c18-16(11-21-15-9-10-22(19,20)12-15)17(13-5-1-2-6-13)14-7-3-4-8-14/h13-15H,1-12H2/t15-/m1/s1. The largest absolute Gasteiger partial charge is 0.336 e. The minimum absolute atomic E-state index is 0.128. The number of nitrogens with zero attached hydrogens (tertiary/aromatic N) is 1. The molecule has 1 heterocycles. The molecule has 1 amide bonds. The highest BCUT2D eigenvalue weighted by Crippen LogP contribution is 2.33. The smallest absolute Gasteiger partial charge is 0.233 e. The zero-order valence-corrected chi connectivity index (χ0v) is 14.8. The molecular formula is C16H27NO3S2. The molecule has 0 radical (unpaired) electrons. The van der Waals surface area contributed by atoms with Gasteiger partial charge in [-0.1, -0.05) is 25.7 Å². The third-order valence-electron chi connectivity index (χ3n) is 5.36. The molecule has 0 N–H and O–H groups in total. The van der Waals surface area contributed by atoms with E-state index in [4.69, 9.17) is 0 Å². The van der Waals surface area contributed by atoms with Crippen LogP contribution in [0, 0.1) is 0 Å². The van der Waals surface area contributed by atoms with Crippen LogP contribution in [0.1, 0.15) is 57.8 Å². The first kappa shape index (κ1) is 16.6. The summed E-state index contributed by atoms with van der Waals surface area (Å²) in [6, 6.07) is 0.895. The van der Waals surface area contributed by atoms with Gasteiger partial charge in [0.25, 0.3) is 0 Å². The number of rotatable bonds is 5. The molecule has 22 heavy (non-hydrogen) atoms. The van der Waals surface area contributed by atoms with E-state index in [1.54, 1.807) is 11.8 Å². The van der Waals surface area contributed by atoms with Crippen molar-refractivity contribution in [1.29, 1.82) is 0 Å². The molecule has 2 saturated carbocycles.